The smallest absolute Gasteiger partial charge is 0.419 e. The molecule has 0 unspecified atom stereocenters. The van der Waals surface area contributed by atoms with Crippen molar-refractivity contribution in [2.75, 3.05) is 20.1 Å². The maximum absolute atomic E-state index is 15.3. The van der Waals surface area contributed by atoms with Gasteiger partial charge in [-0.3, -0.25) is 19.0 Å². The van der Waals surface area contributed by atoms with E-state index in [1.54, 1.807) is 111 Å². The molecule has 2 aromatic heterocycles. The van der Waals surface area contributed by atoms with Gasteiger partial charge in [0.15, 0.2) is 0 Å². The topological polar surface area (TPSA) is 235 Å². The third kappa shape index (κ3) is 17.2. The summed E-state index contributed by atoms with van der Waals surface area (Å²) in [6.07, 6.45) is 2.84. The van der Waals surface area contributed by atoms with Crippen molar-refractivity contribution >= 4 is 70.3 Å². The van der Waals surface area contributed by atoms with Crippen LogP contribution in [0.2, 0.25) is 5.02 Å². The van der Waals surface area contributed by atoms with E-state index in [1.807, 2.05) is 36.4 Å². The molecule has 1 aliphatic heterocycles. The quantitative estimate of drug-likeness (QED) is 0.0579. The fraction of sp³-hybridized carbons (Fsp3) is 0.448. The van der Waals surface area contributed by atoms with Crippen molar-refractivity contribution in [1.29, 1.82) is 5.26 Å². The minimum absolute atomic E-state index is 0.0695. The summed E-state index contributed by atoms with van der Waals surface area (Å²) in [5.74, 6) is -1.62. The van der Waals surface area contributed by atoms with Gasteiger partial charge < -0.3 is 45.7 Å². The Balaban J connectivity index is 1.46. The van der Waals surface area contributed by atoms with Gasteiger partial charge in [0.25, 0.3) is 0 Å². The van der Waals surface area contributed by atoms with Crippen molar-refractivity contribution in [3.8, 4) is 17.2 Å². The highest BCUT2D eigenvalue weighted by Gasteiger charge is 2.35. The lowest BCUT2D eigenvalue weighted by Crippen LogP contribution is -2.57. The molecule has 416 valence electrons. The number of aromatic nitrogens is 2. The summed E-state index contributed by atoms with van der Waals surface area (Å²) in [7, 11) is 1.51. The number of rotatable bonds is 12. The summed E-state index contributed by atoms with van der Waals surface area (Å²) in [4.78, 5) is 91.0. The number of nitriles is 1. The number of benzene rings is 3. The molecular weight excluding hydrogens is 1030 g/mol. The lowest BCUT2D eigenvalue weighted by atomic mass is 9.98. The van der Waals surface area contributed by atoms with Crippen LogP contribution in [0.1, 0.15) is 117 Å². The Hall–Kier alpha value is -7.14. The van der Waals surface area contributed by atoms with Crippen molar-refractivity contribution in [2.45, 2.75) is 159 Å². The predicted octanol–water partition coefficient (Wildman–Crippen LogP) is 9.81. The zero-order valence-electron chi connectivity index (χ0n) is 46.1. The number of nitrogens with zero attached hydrogens (tertiary/aromatic N) is 4. The maximum Gasteiger partial charge on any atom is 0.419 e. The van der Waals surface area contributed by atoms with E-state index >= 15 is 9.59 Å². The van der Waals surface area contributed by atoms with Crippen molar-refractivity contribution in [2.24, 2.45) is 0 Å². The Labute approximate surface area is 466 Å². The second kappa shape index (κ2) is 26.5. The fourth-order valence-corrected chi connectivity index (χ4v) is 10.0. The zero-order valence-corrected chi connectivity index (χ0v) is 47.7. The minimum Gasteiger partial charge on any atom is -0.444 e. The number of hydrogen-bond donors (Lipinski definition) is 5. The van der Waals surface area contributed by atoms with Gasteiger partial charge in [0.1, 0.15) is 33.9 Å². The molecule has 0 saturated carbocycles. The van der Waals surface area contributed by atoms with Crippen LogP contribution in [0.3, 0.4) is 0 Å². The van der Waals surface area contributed by atoms with E-state index in [2.05, 4.69) is 32.7 Å². The van der Waals surface area contributed by atoms with E-state index in [1.165, 1.54) is 28.3 Å². The summed E-state index contributed by atoms with van der Waals surface area (Å²) < 4.78 is 18.0. The van der Waals surface area contributed by atoms with E-state index in [0.29, 0.717) is 61.8 Å². The molecule has 5 aromatic rings. The molecule has 3 aromatic carbocycles. The second-order valence-corrected chi connectivity index (χ2v) is 23.5. The number of likely N-dealkylation sites (N-methyl/N-ethyl adjacent to an activating group) is 1. The van der Waals surface area contributed by atoms with Gasteiger partial charge in [-0.2, -0.15) is 5.26 Å². The minimum atomic E-state index is -1.23. The van der Waals surface area contributed by atoms with Crippen molar-refractivity contribution < 1.29 is 43.0 Å². The number of carbonyl (C=O) groups excluding carboxylic acids is 6. The first-order valence-corrected chi connectivity index (χ1v) is 27.3. The maximum atomic E-state index is 15.3. The van der Waals surface area contributed by atoms with E-state index in [-0.39, 0.29) is 45.4 Å². The van der Waals surface area contributed by atoms with E-state index in [4.69, 9.17) is 30.8 Å². The molecule has 3 atom stereocenters. The highest BCUT2D eigenvalue weighted by atomic mass is 35.5. The van der Waals surface area contributed by atoms with Gasteiger partial charge in [0.2, 0.25) is 17.7 Å². The van der Waals surface area contributed by atoms with Gasteiger partial charge in [0, 0.05) is 62.3 Å². The van der Waals surface area contributed by atoms with Crippen LogP contribution < -0.4 is 26.6 Å². The number of amides is 5. The molecule has 0 spiro atoms. The molecule has 18 nitrogen and oxygen atoms in total. The number of carbonyl (C=O) groups is 6. The summed E-state index contributed by atoms with van der Waals surface area (Å²) in [5.41, 5.74) is 2.15. The van der Waals surface area contributed by atoms with Crippen LogP contribution in [0.25, 0.3) is 22.0 Å². The van der Waals surface area contributed by atoms with E-state index in [9.17, 15) is 24.4 Å². The van der Waals surface area contributed by atoms with Crippen LogP contribution in [-0.2, 0) is 48.1 Å². The lowest BCUT2D eigenvalue weighted by Gasteiger charge is -2.32. The molecule has 1 aliphatic rings. The highest BCUT2D eigenvalue weighted by Crippen LogP contribution is 2.41. The molecule has 3 heterocycles. The number of pyridine rings is 1. The molecule has 5 N–H and O–H groups in total. The van der Waals surface area contributed by atoms with Crippen LogP contribution in [0.15, 0.2) is 95.1 Å². The summed E-state index contributed by atoms with van der Waals surface area (Å²) in [6, 6.07) is 20.4. The molecule has 0 saturated heterocycles. The predicted molar refractivity (Wildman–Crippen MR) is 300 cm³/mol. The normalized spacial score (nSPS) is 16.9. The van der Waals surface area contributed by atoms with Crippen LogP contribution >= 0.6 is 23.4 Å². The van der Waals surface area contributed by atoms with Gasteiger partial charge >= 0.3 is 18.3 Å². The van der Waals surface area contributed by atoms with Crippen LogP contribution in [-0.4, -0.2) is 106 Å². The standard InChI is InChI=1S/C58H72ClN9O9S/c1-56(2,3)75-53(72)62-28-14-13-19-45-52(71)67(10)47(31-39-35-68(55(74)77-58(7,8)9)46-21-12-11-18-41(39)46)50(70)65-34-42-40(37-24-22-36(32-60)23-25-37)26-27-43(59)48(42)78-51-38(17-15-29-61-51)33-64-44(49(69)66-45)20-16-30-63-54(73)76-57(4,5)6/h11-12,15,17-18,21-27,29,35,44-45,47,64H,13-14,16,19-20,28,30-31,33-34H2,1-10H3,(H,62,72)(H,63,73)(H,65,70)(H,66,69)/t44-,45-,47-/m0/s1. The van der Waals surface area contributed by atoms with Crippen molar-refractivity contribution in [1.82, 2.24) is 41.0 Å². The first-order valence-electron chi connectivity index (χ1n) is 26.1. The number of ether oxygens (including phenoxy) is 3. The molecular formula is C58H72ClN9O9S. The Morgan fingerprint density at radius 1 is 0.782 bits per heavy atom. The highest BCUT2D eigenvalue weighted by molar-refractivity contribution is 7.99. The molecule has 0 aliphatic carbocycles. The average molecular weight is 1110 g/mol. The summed E-state index contributed by atoms with van der Waals surface area (Å²) >= 11 is 8.43. The Kier molecular flexibility index (Phi) is 20.4. The van der Waals surface area contributed by atoms with Crippen molar-refractivity contribution in [3.05, 3.63) is 112 Å². The Morgan fingerprint density at radius 3 is 2.08 bits per heavy atom. The molecule has 0 radical (unpaired) electrons. The number of nitrogens with one attached hydrogen (secondary N) is 5. The lowest BCUT2D eigenvalue weighted by molar-refractivity contribution is -0.142. The number of alkyl carbamates (subject to hydrolysis) is 2. The molecule has 0 fully saturated rings. The molecule has 78 heavy (non-hydrogen) atoms. The SMILES string of the molecule is CN1C(=O)[C@H](CCCCNC(=O)OC(C)(C)C)NC(=O)[C@H](CCCNC(=O)OC(C)(C)C)NCc2cccnc2Sc2c(Cl)ccc(-c3ccc(C#N)cc3)c2CNC(=O)[C@@H]1Cc1cn(C(=O)OC(C)(C)C)c2ccccc12. The molecule has 20 heteroatoms. The first-order chi connectivity index (χ1) is 36.8. The third-order valence-corrected chi connectivity index (χ3v) is 14.0. The number of halogens is 1. The van der Waals surface area contributed by atoms with Gasteiger partial charge in [-0.15, -0.1) is 0 Å². The summed E-state index contributed by atoms with van der Waals surface area (Å²) in [5, 5.41) is 26.4. The number of fused-ring (bicyclic) bond motifs is 3. The van der Waals surface area contributed by atoms with Gasteiger partial charge in [0.05, 0.1) is 28.2 Å². The molecule has 5 amide bonds. The fourth-order valence-electron chi connectivity index (χ4n) is 8.69. The Bertz CT molecular complexity index is 3010. The van der Waals surface area contributed by atoms with Crippen LogP contribution in [0, 0.1) is 11.3 Å². The number of para-hydroxylation sites is 1. The Morgan fingerprint density at radius 2 is 1.42 bits per heavy atom. The first kappa shape index (κ1) is 60.1. The molecule has 0 bridgehead atoms. The van der Waals surface area contributed by atoms with E-state index in [0.717, 1.165) is 16.7 Å². The summed E-state index contributed by atoms with van der Waals surface area (Å²) in [6.45, 7) is 16.4. The van der Waals surface area contributed by atoms with Crippen molar-refractivity contribution in [3.63, 3.8) is 0 Å². The van der Waals surface area contributed by atoms with E-state index < -0.39 is 70.9 Å². The average Bonchev–Trinajstić information content (AvgIpc) is 3.78. The van der Waals surface area contributed by atoms with Gasteiger partial charge in [-0.25, -0.2) is 19.4 Å². The zero-order chi connectivity index (χ0) is 57.0. The largest absolute Gasteiger partial charge is 0.444 e. The molecule has 6 rings (SSSR count). The van der Waals surface area contributed by atoms with Crippen LogP contribution in [0.4, 0.5) is 14.4 Å². The van der Waals surface area contributed by atoms with Crippen LogP contribution in [0.5, 0.6) is 0 Å². The van der Waals surface area contributed by atoms with Gasteiger partial charge in [-0.05, 0) is 153 Å². The van der Waals surface area contributed by atoms with Gasteiger partial charge in [-0.1, -0.05) is 65.8 Å². The second-order valence-electron chi connectivity index (χ2n) is 22.1. The number of hydrogen-bond acceptors (Lipinski definition) is 13. The third-order valence-electron chi connectivity index (χ3n) is 12.3. The monoisotopic (exact) mass is 1110 g/mol. The number of unbranched alkanes of at least 4 members (excludes halogenated alkanes) is 1.